The van der Waals surface area contributed by atoms with Gasteiger partial charge in [-0.25, -0.2) is 9.97 Å². The van der Waals surface area contributed by atoms with Crippen molar-refractivity contribution < 1.29 is 9.53 Å². The standard InChI is InChI=1S/C23H26N4O2/c1-15-9-10-16(2)19(13-15)27-23(28)20-14-22(26-17(3)25-20)24-12-11-18-7-5-6-8-21(18)29-4/h5-10,13-14H,11-12H2,1-4H3,(H,27,28)(H,24,25,26). The zero-order valence-corrected chi connectivity index (χ0v) is 17.2. The van der Waals surface area contributed by atoms with Crippen molar-refractivity contribution in [1.29, 1.82) is 0 Å². The average molecular weight is 390 g/mol. The van der Waals surface area contributed by atoms with Crippen LogP contribution in [0.1, 0.15) is 33.0 Å². The maximum Gasteiger partial charge on any atom is 0.274 e. The molecule has 2 aromatic carbocycles. The van der Waals surface area contributed by atoms with Crippen LogP contribution in [0.25, 0.3) is 0 Å². The number of benzene rings is 2. The molecule has 6 heteroatoms. The molecule has 29 heavy (non-hydrogen) atoms. The summed E-state index contributed by atoms with van der Waals surface area (Å²) >= 11 is 0. The van der Waals surface area contributed by atoms with Crippen molar-refractivity contribution in [3.8, 4) is 5.75 Å². The first kappa shape index (κ1) is 20.3. The zero-order valence-electron chi connectivity index (χ0n) is 17.2. The van der Waals surface area contributed by atoms with E-state index in [1.807, 2.05) is 56.3 Å². The van der Waals surface area contributed by atoms with Crippen LogP contribution in [0.3, 0.4) is 0 Å². The van der Waals surface area contributed by atoms with E-state index in [2.05, 4.69) is 20.6 Å². The molecule has 0 bridgehead atoms. The van der Waals surface area contributed by atoms with E-state index in [0.717, 1.165) is 34.5 Å². The topological polar surface area (TPSA) is 76.1 Å². The fraction of sp³-hybridized carbons (Fsp3) is 0.261. The van der Waals surface area contributed by atoms with Crippen molar-refractivity contribution in [2.45, 2.75) is 27.2 Å². The summed E-state index contributed by atoms with van der Waals surface area (Å²) in [6.07, 6.45) is 0.775. The van der Waals surface area contributed by atoms with Gasteiger partial charge in [0, 0.05) is 18.3 Å². The number of para-hydroxylation sites is 1. The van der Waals surface area contributed by atoms with E-state index >= 15 is 0 Å². The SMILES string of the molecule is COc1ccccc1CCNc1cc(C(=O)Nc2cc(C)ccc2C)nc(C)n1. The van der Waals surface area contributed by atoms with E-state index in [0.29, 0.717) is 23.9 Å². The van der Waals surface area contributed by atoms with Gasteiger partial charge in [0.2, 0.25) is 0 Å². The molecule has 0 aliphatic rings. The minimum absolute atomic E-state index is 0.253. The number of aromatic nitrogens is 2. The van der Waals surface area contributed by atoms with E-state index in [1.54, 1.807) is 20.1 Å². The van der Waals surface area contributed by atoms with Crippen LogP contribution in [0.2, 0.25) is 0 Å². The first-order valence-electron chi connectivity index (χ1n) is 9.56. The first-order chi connectivity index (χ1) is 14.0. The van der Waals surface area contributed by atoms with Crippen LogP contribution in [0.15, 0.2) is 48.5 Å². The van der Waals surface area contributed by atoms with Crippen LogP contribution in [-0.4, -0.2) is 29.5 Å². The van der Waals surface area contributed by atoms with Gasteiger partial charge < -0.3 is 15.4 Å². The molecule has 0 atom stereocenters. The number of carbonyl (C=O) groups excluding carboxylic acids is 1. The summed E-state index contributed by atoms with van der Waals surface area (Å²) < 4.78 is 5.39. The molecular formula is C23H26N4O2. The maximum atomic E-state index is 12.7. The molecular weight excluding hydrogens is 364 g/mol. The fourth-order valence-corrected chi connectivity index (χ4v) is 3.07. The van der Waals surface area contributed by atoms with Crippen LogP contribution in [0.4, 0.5) is 11.5 Å². The van der Waals surface area contributed by atoms with E-state index < -0.39 is 0 Å². The first-order valence-corrected chi connectivity index (χ1v) is 9.56. The molecule has 6 nitrogen and oxygen atoms in total. The van der Waals surface area contributed by atoms with Crippen LogP contribution in [0.5, 0.6) is 5.75 Å². The second kappa shape index (κ2) is 9.19. The lowest BCUT2D eigenvalue weighted by atomic mass is 10.1. The predicted octanol–water partition coefficient (Wildman–Crippen LogP) is 4.32. The highest BCUT2D eigenvalue weighted by molar-refractivity contribution is 6.03. The average Bonchev–Trinajstić information content (AvgIpc) is 2.70. The van der Waals surface area contributed by atoms with Crippen molar-refractivity contribution in [3.05, 3.63) is 76.7 Å². The third kappa shape index (κ3) is 5.31. The normalized spacial score (nSPS) is 10.5. The van der Waals surface area contributed by atoms with E-state index in [9.17, 15) is 4.79 Å². The number of anilines is 2. The van der Waals surface area contributed by atoms with Crippen LogP contribution in [0, 0.1) is 20.8 Å². The molecule has 0 unspecified atom stereocenters. The van der Waals surface area contributed by atoms with Crippen LogP contribution in [-0.2, 0) is 6.42 Å². The second-order valence-electron chi connectivity index (χ2n) is 6.95. The number of nitrogens with one attached hydrogen (secondary N) is 2. The van der Waals surface area contributed by atoms with Gasteiger partial charge in [0.15, 0.2) is 0 Å². The molecule has 0 saturated heterocycles. The number of carbonyl (C=O) groups is 1. The van der Waals surface area contributed by atoms with Gasteiger partial charge in [-0.1, -0.05) is 30.3 Å². The minimum atomic E-state index is -0.253. The lowest BCUT2D eigenvalue weighted by Crippen LogP contribution is -2.17. The molecule has 1 heterocycles. The Morgan fingerprint density at radius 3 is 2.62 bits per heavy atom. The molecule has 0 saturated carbocycles. The number of hydrogen-bond donors (Lipinski definition) is 2. The number of rotatable bonds is 7. The number of aryl methyl sites for hydroxylation is 3. The molecule has 0 aliphatic carbocycles. The predicted molar refractivity (Wildman–Crippen MR) is 116 cm³/mol. The Morgan fingerprint density at radius 1 is 1.03 bits per heavy atom. The molecule has 0 spiro atoms. The van der Waals surface area contributed by atoms with Gasteiger partial charge in [-0.05, 0) is 56.0 Å². The van der Waals surface area contributed by atoms with Gasteiger partial charge in [-0.15, -0.1) is 0 Å². The lowest BCUT2D eigenvalue weighted by molar-refractivity contribution is 0.102. The number of hydrogen-bond acceptors (Lipinski definition) is 5. The molecule has 1 amide bonds. The Hall–Kier alpha value is -3.41. The molecule has 3 rings (SSSR count). The van der Waals surface area contributed by atoms with Gasteiger partial charge in [-0.3, -0.25) is 4.79 Å². The third-order valence-electron chi connectivity index (χ3n) is 4.60. The highest BCUT2D eigenvalue weighted by Crippen LogP contribution is 2.19. The third-order valence-corrected chi connectivity index (χ3v) is 4.60. The molecule has 1 aromatic heterocycles. The van der Waals surface area contributed by atoms with Crippen LogP contribution < -0.4 is 15.4 Å². The van der Waals surface area contributed by atoms with Crippen LogP contribution >= 0.6 is 0 Å². The number of amides is 1. The summed E-state index contributed by atoms with van der Waals surface area (Å²) in [5, 5.41) is 6.22. The Kier molecular flexibility index (Phi) is 6.44. The number of nitrogens with zero attached hydrogens (tertiary/aromatic N) is 2. The van der Waals surface area contributed by atoms with Gasteiger partial charge in [-0.2, -0.15) is 0 Å². The maximum absolute atomic E-state index is 12.7. The highest BCUT2D eigenvalue weighted by Gasteiger charge is 2.12. The van der Waals surface area contributed by atoms with Crippen molar-refractivity contribution >= 4 is 17.4 Å². The van der Waals surface area contributed by atoms with E-state index in [4.69, 9.17) is 4.74 Å². The Labute approximate surface area is 171 Å². The fourth-order valence-electron chi connectivity index (χ4n) is 3.07. The van der Waals surface area contributed by atoms with E-state index in [1.165, 1.54) is 0 Å². The highest BCUT2D eigenvalue weighted by atomic mass is 16.5. The zero-order chi connectivity index (χ0) is 20.8. The van der Waals surface area contributed by atoms with Crippen molar-refractivity contribution in [2.24, 2.45) is 0 Å². The van der Waals surface area contributed by atoms with Crippen molar-refractivity contribution in [3.63, 3.8) is 0 Å². The molecule has 0 fully saturated rings. The summed E-state index contributed by atoms with van der Waals surface area (Å²) in [6.45, 7) is 6.40. The van der Waals surface area contributed by atoms with Gasteiger partial charge in [0.1, 0.15) is 23.1 Å². The van der Waals surface area contributed by atoms with Gasteiger partial charge in [0.25, 0.3) is 5.91 Å². The minimum Gasteiger partial charge on any atom is -0.496 e. The molecule has 3 aromatic rings. The Morgan fingerprint density at radius 2 is 1.83 bits per heavy atom. The lowest BCUT2D eigenvalue weighted by Gasteiger charge is -2.12. The summed E-state index contributed by atoms with van der Waals surface area (Å²) in [4.78, 5) is 21.4. The Balaban J connectivity index is 1.69. The second-order valence-corrected chi connectivity index (χ2v) is 6.95. The number of methoxy groups -OCH3 is 1. The summed E-state index contributed by atoms with van der Waals surface area (Å²) in [5.74, 6) is 1.77. The summed E-state index contributed by atoms with van der Waals surface area (Å²) in [7, 11) is 1.67. The van der Waals surface area contributed by atoms with Gasteiger partial charge in [0.05, 0.1) is 7.11 Å². The molecule has 2 N–H and O–H groups in total. The number of ether oxygens (including phenoxy) is 1. The largest absolute Gasteiger partial charge is 0.496 e. The summed E-state index contributed by atoms with van der Waals surface area (Å²) in [6, 6.07) is 15.6. The smallest absolute Gasteiger partial charge is 0.274 e. The van der Waals surface area contributed by atoms with Gasteiger partial charge >= 0.3 is 0 Å². The van der Waals surface area contributed by atoms with Crippen molar-refractivity contribution in [1.82, 2.24) is 9.97 Å². The monoisotopic (exact) mass is 390 g/mol. The molecule has 150 valence electrons. The Bertz CT molecular complexity index is 1020. The van der Waals surface area contributed by atoms with Crippen molar-refractivity contribution in [2.75, 3.05) is 24.3 Å². The molecule has 0 radical (unpaired) electrons. The summed E-state index contributed by atoms with van der Waals surface area (Å²) in [5.41, 5.74) is 4.32. The quantitative estimate of drug-likeness (QED) is 0.628. The molecule has 0 aliphatic heterocycles. The van der Waals surface area contributed by atoms with E-state index in [-0.39, 0.29) is 5.91 Å².